The maximum Gasteiger partial charge on any atom is 0.316 e. The highest BCUT2D eigenvalue weighted by atomic mass is 32.2. The van der Waals surface area contributed by atoms with Gasteiger partial charge in [0.05, 0.1) is 30.4 Å². The van der Waals surface area contributed by atoms with Gasteiger partial charge in [-0.1, -0.05) is 18.2 Å². The summed E-state index contributed by atoms with van der Waals surface area (Å²) < 4.78 is 65.7. The summed E-state index contributed by atoms with van der Waals surface area (Å²) in [6, 6.07) is 12.1. The van der Waals surface area contributed by atoms with E-state index >= 15 is 0 Å². The molecule has 0 unspecified atom stereocenters. The summed E-state index contributed by atoms with van der Waals surface area (Å²) in [6.07, 6.45) is 2.84. The summed E-state index contributed by atoms with van der Waals surface area (Å²) in [5.41, 5.74) is 1.03. The minimum absolute atomic E-state index is 0.0503. The van der Waals surface area contributed by atoms with Crippen LogP contribution < -0.4 is 15.2 Å². The second-order valence-corrected chi connectivity index (χ2v) is 11.3. The molecule has 0 saturated carbocycles. The van der Waals surface area contributed by atoms with E-state index < -0.39 is 27.2 Å². The number of sulfonamides is 1. The highest BCUT2D eigenvalue weighted by molar-refractivity contribution is 7.88. The summed E-state index contributed by atoms with van der Waals surface area (Å²) in [5.74, 6) is -0.707. The van der Waals surface area contributed by atoms with Crippen molar-refractivity contribution >= 4 is 15.7 Å². The van der Waals surface area contributed by atoms with Crippen molar-refractivity contribution in [3.63, 3.8) is 0 Å². The van der Waals surface area contributed by atoms with Crippen molar-refractivity contribution in [1.29, 1.82) is 0 Å². The van der Waals surface area contributed by atoms with E-state index in [-0.39, 0.29) is 31.1 Å². The summed E-state index contributed by atoms with van der Waals surface area (Å²) in [4.78, 5) is 19.9. The largest absolute Gasteiger partial charge is 0.486 e. The molecule has 1 fully saturated rings. The van der Waals surface area contributed by atoms with Crippen LogP contribution in [0.4, 0.5) is 14.5 Å². The second-order valence-electron chi connectivity index (χ2n) is 9.34. The lowest BCUT2D eigenvalue weighted by Crippen LogP contribution is -2.48. The number of piperazine rings is 1. The Balaban J connectivity index is 1.43. The third-order valence-electron chi connectivity index (χ3n) is 6.55. The van der Waals surface area contributed by atoms with Crippen LogP contribution in [-0.4, -0.2) is 66.5 Å². The van der Waals surface area contributed by atoms with E-state index in [0.29, 0.717) is 48.6 Å². The predicted molar refractivity (Wildman–Crippen MR) is 144 cm³/mol. The van der Waals surface area contributed by atoms with Crippen LogP contribution in [0, 0.1) is 18.6 Å². The Morgan fingerprint density at radius 3 is 2.35 bits per heavy atom. The molecule has 1 aliphatic rings. The Morgan fingerprint density at radius 1 is 1.02 bits per heavy atom. The maximum absolute atomic E-state index is 13.9. The highest BCUT2D eigenvalue weighted by Crippen LogP contribution is 2.27. The molecule has 1 saturated heterocycles. The summed E-state index contributed by atoms with van der Waals surface area (Å²) in [6.45, 7) is 2.87. The van der Waals surface area contributed by atoms with E-state index in [9.17, 15) is 22.0 Å². The van der Waals surface area contributed by atoms with Gasteiger partial charge < -0.3 is 14.1 Å². The Labute approximate surface area is 229 Å². The van der Waals surface area contributed by atoms with Gasteiger partial charge in [0, 0.05) is 44.2 Å². The van der Waals surface area contributed by atoms with Crippen LogP contribution in [0.15, 0.2) is 63.9 Å². The van der Waals surface area contributed by atoms with Gasteiger partial charge in [-0.2, -0.15) is 14.1 Å². The van der Waals surface area contributed by atoms with Crippen molar-refractivity contribution in [3.8, 4) is 22.9 Å². The van der Waals surface area contributed by atoms with Crippen molar-refractivity contribution in [2.24, 2.45) is 0 Å². The molecule has 0 spiro atoms. The van der Waals surface area contributed by atoms with Gasteiger partial charge in [0.1, 0.15) is 23.1 Å². The first-order valence-electron chi connectivity index (χ1n) is 12.5. The van der Waals surface area contributed by atoms with Crippen LogP contribution in [0.2, 0.25) is 0 Å². The van der Waals surface area contributed by atoms with Gasteiger partial charge >= 0.3 is 5.56 Å². The van der Waals surface area contributed by atoms with Crippen molar-refractivity contribution in [2.45, 2.75) is 13.3 Å². The molecule has 210 valence electrons. The fraction of sp³-hybridized carbons (Fsp3) is 0.296. The number of oxazole rings is 1. The van der Waals surface area contributed by atoms with Gasteiger partial charge in [-0.3, -0.25) is 4.79 Å². The second kappa shape index (κ2) is 11.2. The molecule has 0 radical (unpaired) electrons. The molecule has 4 aromatic rings. The number of benzene rings is 2. The highest BCUT2D eigenvalue weighted by Gasteiger charge is 2.27. The molecule has 3 heterocycles. The Kier molecular flexibility index (Phi) is 7.68. The first kappa shape index (κ1) is 27.5. The van der Waals surface area contributed by atoms with Crippen LogP contribution in [0.25, 0.3) is 17.1 Å². The molecule has 0 atom stereocenters. The molecule has 1 aliphatic heterocycles. The average molecular weight is 572 g/mol. The maximum atomic E-state index is 13.9. The van der Waals surface area contributed by atoms with Crippen molar-refractivity contribution < 1.29 is 26.4 Å². The van der Waals surface area contributed by atoms with E-state index in [4.69, 9.17) is 9.15 Å². The van der Waals surface area contributed by atoms with Crippen molar-refractivity contribution in [1.82, 2.24) is 19.1 Å². The Morgan fingerprint density at radius 2 is 1.70 bits per heavy atom. The average Bonchev–Trinajstić information content (AvgIpc) is 3.29. The number of rotatable bonds is 8. The number of hydrogen-bond donors (Lipinski definition) is 0. The fourth-order valence-corrected chi connectivity index (χ4v) is 5.34. The van der Waals surface area contributed by atoms with E-state index in [0.717, 1.165) is 28.6 Å². The van der Waals surface area contributed by atoms with Crippen LogP contribution >= 0.6 is 0 Å². The zero-order valence-electron chi connectivity index (χ0n) is 21.9. The topological polar surface area (TPSA) is 111 Å². The number of halogens is 2. The third kappa shape index (κ3) is 5.89. The molecule has 2 aromatic heterocycles. The Hall–Kier alpha value is -4.10. The SMILES string of the molecule is Cc1oc(-c2ccccc2)nc1CCOc1c(N2CCN(S(C)(=O)=O)CC2)cnn(-c2cc(F)cc(F)c2)c1=O. The first-order chi connectivity index (χ1) is 19.1. The first-order valence-corrected chi connectivity index (χ1v) is 14.4. The molecule has 13 heteroatoms. The lowest BCUT2D eigenvalue weighted by atomic mass is 10.2. The summed E-state index contributed by atoms with van der Waals surface area (Å²) in [5, 5.41) is 4.14. The standard InChI is InChI=1S/C27H27F2N5O5S/c1-18-23(31-26(39-18)19-6-4-3-5-7-19)8-13-38-25-24(32-9-11-33(12-10-32)40(2,36)37)17-30-34(27(25)35)22-15-20(28)14-21(29)16-22/h3-7,14-17H,8-13H2,1-2H3. The minimum Gasteiger partial charge on any atom is -0.486 e. The molecule has 40 heavy (non-hydrogen) atoms. The molecule has 2 aromatic carbocycles. The summed E-state index contributed by atoms with van der Waals surface area (Å²) in [7, 11) is -3.36. The lowest BCUT2D eigenvalue weighted by molar-refractivity contribution is 0.311. The van der Waals surface area contributed by atoms with Gasteiger partial charge in [-0.15, -0.1) is 0 Å². The van der Waals surface area contributed by atoms with Gasteiger partial charge in [0.2, 0.25) is 21.7 Å². The predicted octanol–water partition coefficient (Wildman–Crippen LogP) is 3.18. The molecule has 0 amide bonds. The summed E-state index contributed by atoms with van der Waals surface area (Å²) >= 11 is 0. The normalized spacial score (nSPS) is 14.4. The van der Waals surface area contributed by atoms with Gasteiger partial charge in [-0.05, 0) is 31.2 Å². The number of aromatic nitrogens is 3. The van der Waals surface area contributed by atoms with E-state index in [1.807, 2.05) is 30.3 Å². The monoisotopic (exact) mass is 571 g/mol. The Bertz CT molecular complexity index is 1660. The van der Waals surface area contributed by atoms with E-state index in [1.54, 1.807) is 11.8 Å². The number of aryl methyl sites for hydroxylation is 1. The number of hydrogen-bond acceptors (Lipinski definition) is 8. The number of anilines is 1. The van der Waals surface area contributed by atoms with Crippen LogP contribution in [0.3, 0.4) is 0 Å². The van der Waals surface area contributed by atoms with Crippen LogP contribution in [0.5, 0.6) is 5.75 Å². The van der Waals surface area contributed by atoms with Crippen molar-refractivity contribution in [3.05, 3.63) is 88.2 Å². The molecule has 0 bridgehead atoms. The van der Waals surface area contributed by atoms with Gasteiger partial charge in [-0.25, -0.2) is 22.2 Å². The number of nitrogens with zero attached hydrogens (tertiary/aromatic N) is 5. The fourth-order valence-electron chi connectivity index (χ4n) is 4.51. The molecular weight excluding hydrogens is 544 g/mol. The van der Waals surface area contributed by atoms with Crippen LogP contribution in [0.1, 0.15) is 11.5 Å². The molecular formula is C27H27F2N5O5S. The van der Waals surface area contributed by atoms with E-state index in [1.165, 1.54) is 10.5 Å². The van der Waals surface area contributed by atoms with Crippen LogP contribution in [-0.2, 0) is 16.4 Å². The molecule has 0 N–H and O–H groups in total. The lowest BCUT2D eigenvalue weighted by Gasteiger charge is -2.35. The van der Waals surface area contributed by atoms with Crippen molar-refractivity contribution in [2.75, 3.05) is 43.9 Å². The zero-order valence-corrected chi connectivity index (χ0v) is 22.7. The van der Waals surface area contributed by atoms with Gasteiger partial charge in [0.25, 0.3) is 0 Å². The minimum atomic E-state index is -3.36. The molecule has 0 aliphatic carbocycles. The van der Waals surface area contributed by atoms with E-state index in [2.05, 4.69) is 10.1 Å². The molecule has 10 nitrogen and oxygen atoms in total. The third-order valence-corrected chi connectivity index (χ3v) is 7.86. The zero-order chi connectivity index (χ0) is 28.4. The van der Waals surface area contributed by atoms with Gasteiger partial charge in [0.15, 0.2) is 0 Å². The smallest absolute Gasteiger partial charge is 0.316 e. The molecule has 5 rings (SSSR count). The quantitative estimate of drug-likeness (QED) is 0.317. The number of ether oxygens (including phenoxy) is 1.